The molecule has 1 nitrogen and oxygen atoms in total. The van der Waals surface area contributed by atoms with E-state index in [9.17, 15) is 0 Å². The van der Waals surface area contributed by atoms with Crippen molar-refractivity contribution >= 4 is 27.8 Å². The lowest BCUT2D eigenvalue weighted by Gasteiger charge is -2.36. The molecule has 10 rings (SSSR count). The first-order valence-electron chi connectivity index (χ1n) is 16.7. The molecule has 0 fully saturated rings. The third-order valence-corrected chi connectivity index (χ3v) is 10.5. The van der Waals surface area contributed by atoms with Crippen molar-refractivity contribution in [1.29, 1.82) is 0 Å². The molecule has 2 aliphatic rings. The van der Waals surface area contributed by atoms with E-state index >= 15 is 0 Å². The molecule has 8 aromatic carbocycles. The molecule has 1 heteroatoms. The van der Waals surface area contributed by atoms with Gasteiger partial charge in [0.15, 0.2) is 0 Å². The number of fused-ring (bicyclic) bond motifs is 7. The first-order chi connectivity index (χ1) is 23.8. The highest BCUT2D eigenvalue weighted by atomic mass is 15.1. The molecule has 0 saturated carbocycles. The molecule has 0 atom stereocenters. The maximum Gasteiger partial charge on any atom is 0.0714 e. The third-order valence-electron chi connectivity index (χ3n) is 10.5. The zero-order chi connectivity index (χ0) is 31.7. The molecule has 0 amide bonds. The van der Waals surface area contributed by atoms with E-state index in [2.05, 4.69) is 193 Å². The molecule has 1 aliphatic carbocycles. The van der Waals surface area contributed by atoms with E-state index in [4.69, 9.17) is 0 Å². The van der Waals surface area contributed by atoms with E-state index in [1.807, 2.05) is 0 Å². The monoisotopic (exact) mass is 609 g/mol. The van der Waals surface area contributed by atoms with E-state index in [0.717, 1.165) is 5.69 Å². The van der Waals surface area contributed by atoms with E-state index in [0.29, 0.717) is 0 Å². The summed E-state index contributed by atoms with van der Waals surface area (Å²) in [5, 5.41) is 2.56. The van der Waals surface area contributed by atoms with Gasteiger partial charge in [0, 0.05) is 16.8 Å². The molecule has 48 heavy (non-hydrogen) atoms. The van der Waals surface area contributed by atoms with E-state index in [-0.39, 0.29) is 0 Å². The van der Waals surface area contributed by atoms with Crippen LogP contribution in [0.4, 0.5) is 17.1 Å². The molecular weight excluding hydrogens is 579 g/mol. The second-order valence-electron chi connectivity index (χ2n) is 12.8. The minimum Gasteiger partial charge on any atom is -0.309 e. The first-order valence-corrected chi connectivity index (χ1v) is 16.7. The van der Waals surface area contributed by atoms with Gasteiger partial charge < -0.3 is 4.90 Å². The summed E-state index contributed by atoms with van der Waals surface area (Å²) in [6, 6.07) is 69.5. The molecule has 224 valence electrons. The zero-order valence-corrected chi connectivity index (χ0v) is 26.3. The fourth-order valence-corrected chi connectivity index (χ4v) is 8.56. The summed E-state index contributed by atoms with van der Waals surface area (Å²) in [6.45, 7) is 0. The summed E-state index contributed by atoms with van der Waals surface area (Å²) in [5.74, 6) is 0. The van der Waals surface area contributed by atoms with E-state index < -0.39 is 5.41 Å². The zero-order valence-electron chi connectivity index (χ0n) is 26.3. The topological polar surface area (TPSA) is 3.24 Å². The van der Waals surface area contributed by atoms with Crippen molar-refractivity contribution in [3.63, 3.8) is 0 Å². The van der Waals surface area contributed by atoms with Crippen LogP contribution >= 0.6 is 0 Å². The SMILES string of the molecule is c1ccc(C2(c3ccccc3)c3ccccc3-c3ccc(N4c5ccccc5-c5cccc6cccc(c56)-c5ccccc54)cc32)cc1. The number of benzene rings is 8. The summed E-state index contributed by atoms with van der Waals surface area (Å²) < 4.78 is 0. The number of hydrogen-bond donors (Lipinski definition) is 0. The van der Waals surface area contributed by atoms with Crippen molar-refractivity contribution < 1.29 is 0 Å². The maximum absolute atomic E-state index is 2.49. The Hall–Kier alpha value is -6.18. The van der Waals surface area contributed by atoms with E-state index in [1.165, 1.54) is 77.8 Å². The Bertz CT molecular complexity index is 2390. The molecule has 0 saturated heterocycles. The molecular formula is C47H31N. The average Bonchev–Trinajstić information content (AvgIpc) is 3.46. The van der Waals surface area contributed by atoms with Gasteiger partial charge in [0.2, 0.25) is 0 Å². The van der Waals surface area contributed by atoms with Crippen molar-refractivity contribution in [2.45, 2.75) is 5.41 Å². The Balaban J connectivity index is 1.31. The molecule has 0 spiro atoms. The summed E-state index contributed by atoms with van der Waals surface area (Å²) in [5.41, 5.74) is 15.7. The Morgan fingerprint density at radius 2 is 0.812 bits per heavy atom. The summed E-state index contributed by atoms with van der Waals surface area (Å²) >= 11 is 0. The summed E-state index contributed by atoms with van der Waals surface area (Å²) in [4.78, 5) is 2.49. The van der Waals surface area contributed by atoms with Crippen LogP contribution in [0.2, 0.25) is 0 Å². The largest absolute Gasteiger partial charge is 0.309 e. The summed E-state index contributed by atoms with van der Waals surface area (Å²) in [7, 11) is 0. The highest BCUT2D eigenvalue weighted by molar-refractivity contribution is 6.12. The van der Waals surface area contributed by atoms with Gasteiger partial charge in [-0.25, -0.2) is 0 Å². The lowest BCUT2D eigenvalue weighted by molar-refractivity contribution is 0.768. The minimum atomic E-state index is -0.468. The molecule has 0 aromatic heterocycles. The predicted octanol–water partition coefficient (Wildman–Crippen LogP) is 12.3. The lowest BCUT2D eigenvalue weighted by atomic mass is 9.67. The molecule has 0 unspecified atom stereocenters. The quantitative estimate of drug-likeness (QED) is 0.193. The second kappa shape index (κ2) is 10.4. The van der Waals surface area contributed by atoms with Gasteiger partial charge in [-0.2, -0.15) is 0 Å². The molecule has 8 aromatic rings. The Kier molecular flexibility index (Phi) is 5.86. The van der Waals surface area contributed by atoms with Gasteiger partial charge in [-0.3, -0.25) is 0 Å². The fraction of sp³-hybridized carbons (Fsp3) is 0.0213. The molecule has 0 N–H and O–H groups in total. The van der Waals surface area contributed by atoms with Gasteiger partial charge in [-0.15, -0.1) is 0 Å². The first kappa shape index (κ1) is 27.0. The third kappa shape index (κ3) is 3.67. The van der Waals surface area contributed by atoms with Crippen LogP contribution in [0.15, 0.2) is 188 Å². The van der Waals surface area contributed by atoms with Gasteiger partial charge in [-0.05, 0) is 79.5 Å². The van der Waals surface area contributed by atoms with Crippen LogP contribution in [-0.4, -0.2) is 0 Å². The van der Waals surface area contributed by atoms with Gasteiger partial charge in [0.05, 0.1) is 16.8 Å². The van der Waals surface area contributed by atoms with Crippen molar-refractivity contribution in [3.8, 4) is 33.4 Å². The van der Waals surface area contributed by atoms with Crippen LogP contribution in [0.5, 0.6) is 0 Å². The van der Waals surface area contributed by atoms with Crippen molar-refractivity contribution in [2.75, 3.05) is 4.90 Å². The molecule has 0 bridgehead atoms. The van der Waals surface area contributed by atoms with Crippen LogP contribution in [0.25, 0.3) is 44.2 Å². The van der Waals surface area contributed by atoms with Crippen molar-refractivity contribution in [2.24, 2.45) is 0 Å². The van der Waals surface area contributed by atoms with E-state index in [1.54, 1.807) is 0 Å². The minimum absolute atomic E-state index is 0.468. The van der Waals surface area contributed by atoms with Crippen LogP contribution in [0.1, 0.15) is 22.3 Å². The molecule has 1 aliphatic heterocycles. The maximum atomic E-state index is 2.49. The summed E-state index contributed by atoms with van der Waals surface area (Å²) in [6.07, 6.45) is 0. The van der Waals surface area contributed by atoms with Crippen molar-refractivity contribution in [3.05, 3.63) is 210 Å². The smallest absolute Gasteiger partial charge is 0.0714 e. The molecule has 1 heterocycles. The Labute approximate surface area is 281 Å². The average molecular weight is 610 g/mol. The van der Waals surface area contributed by atoms with Crippen LogP contribution in [-0.2, 0) is 5.41 Å². The van der Waals surface area contributed by atoms with Crippen molar-refractivity contribution in [1.82, 2.24) is 0 Å². The number of nitrogens with zero attached hydrogens (tertiary/aromatic N) is 1. The number of anilines is 3. The fourth-order valence-electron chi connectivity index (χ4n) is 8.56. The standard InChI is InChI=1S/C47H31N/c1-3-17-33(18-4-1)47(34-19-5-2-6-20-34)42-26-10-7-21-36(42)37-30-29-35(31-43(37)47)48-44-27-11-8-22-38(44)40-24-13-15-32-16-14-25-41(46(32)40)39-23-9-12-28-45(39)48/h1-31H. The normalized spacial score (nSPS) is 13.5. The van der Waals surface area contributed by atoms with Gasteiger partial charge in [0.25, 0.3) is 0 Å². The predicted molar refractivity (Wildman–Crippen MR) is 200 cm³/mol. The second-order valence-corrected chi connectivity index (χ2v) is 12.8. The Morgan fingerprint density at radius 3 is 1.42 bits per heavy atom. The lowest BCUT2D eigenvalue weighted by Crippen LogP contribution is -2.28. The number of rotatable bonds is 3. The van der Waals surface area contributed by atoms with Crippen LogP contribution in [0, 0.1) is 0 Å². The van der Waals surface area contributed by atoms with Gasteiger partial charge in [-0.1, -0.05) is 164 Å². The number of hydrogen-bond acceptors (Lipinski definition) is 1. The number of para-hydroxylation sites is 2. The highest BCUT2D eigenvalue weighted by Gasteiger charge is 2.46. The Morgan fingerprint density at radius 1 is 0.333 bits per heavy atom. The van der Waals surface area contributed by atoms with Gasteiger partial charge >= 0.3 is 0 Å². The molecule has 0 radical (unpaired) electrons. The van der Waals surface area contributed by atoms with Gasteiger partial charge in [0.1, 0.15) is 0 Å². The van der Waals surface area contributed by atoms with Crippen LogP contribution < -0.4 is 4.90 Å². The highest BCUT2D eigenvalue weighted by Crippen LogP contribution is 2.58. The van der Waals surface area contributed by atoms with Crippen LogP contribution in [0.3, 0.4) is 0 Å².